The van der Waals surface area contributed by atoms with Crippen molar-refractivity contribution in [1.29, 1.82) is 0 Å². The second-order valence-corrected chi connectivity index (χ2v) is 6.31. The zero-order valence-electron chi connectivity index (χ0n) is 13.3. The van der Waals surface area contributed by atoms with Crippen LogP contribution >= 0.6 is 0 Å². The van der Waals surface area contributed by atoms with Gasteiger partial charge in [0.25, 0.3) is 0 Å². The molecule has 112 valence electrons. The second-order valence-electron chi connectivity index (χ2n) is 6.31. The lowest BCUT2D eigenvalue weighted by molar-refractivity contribution is 0.301. The van der Waals surface area contributed by atoms with E-state index in [1.54, 1.807) is 0 Å². The molecule has 1 heterocycles. The zero-order chi connectivity index (χ0) is 15.3. The van der Waals surface area contributed by atoms with Gasteiger partial charge in [0.15, 0.2) is 0 Å². The number of hydrogen-bond donors (Lipinski definition) is 1. The molecule has 0 saturated heterocycles. The molecule has 1 aromatic carbocycles. The maximum absolute atomic E-state index is 5.76. The van der Waals surface area contributed by atoms with Crippen molar-refractivity contribution in [2.45, 2.75) is 46.4 Å². The lowest BCUT2D eigenvalue weighted by Crippen LogP contribution is -2.34. The first kappa shape index (κ1) is 15.5. The minimum atomic E-state index is 0.131. The summed E-state index contributed by atoms with van der Waals surface area (Å²) in [5.41, 5.74) is 3.35. The van der Waals surface area contributed by atoms with E-state index in [1.165, 1.54) is 5.56 Å². The van der Waals surface area contributed by atoms with Crippen LogP contribution in [0, 0.1) is 6.92 Å². The summed E-state index contributed by atoms with van der Waals surface area (Å²) < 4.78 is 5.76. The van der Waals surface area contributed by atoms with Gasteiger partial charge in [0.1, 0.15) is 12.4 Å². The van der Waals surface area contributed by atoms with Gasteiger partial charge < -0.3 is 10.1 Å². The highest BCUT2D eigenvalue weighted by molar-refractivity contribution is 5.27. The molecule has 0 radical (unpaired) electrons. The van der Waals surface area contributed by atoms with E-state index < -0.39 is 0 Å². The molecule has 0 spiro atoms. The van der Waals surface area contributed by atoms with Crippen LogP contribution in [0.3, 0.4) is 0 Å². The molecule has 0 amide bonds. The highest BCUT2D eigenvalue weighted by Crippen LogP contribution is 2.14. The fraction of sp³-hybridized carbons (Fsp3) is 0.389. The molecule has 0 bridgehead atoms. The summed E-state index contributed by atoms with van der Waals surface area (Å²) >= 11 is 0. The first-order valence-corrected chi connectivity index (χ1v) is 7.32. The van der Waals surface area contributed by atoms with Crippen molar-refractivity contribution < 1.29 is 4.74 Å². The van der Waals surface area contributed by atoms with E-state index in [4.69, 9.17) is 4.74 Å². The van der Waals surface area contributed by atoms with Crippen molar-refractivity contribution in [3.05, 3.63) is 59.4 Å². The molecule has 0 aliphatic rings. The van der Waals surface area contributed by atoms with E-state index in [0.717, 1.165) is 23.7 Å². The highest BCUT2D eigenvalue weighted by Gasteiger charge is 2.08. The molecule has 1 aromatic heterocycles. The minimum Gasteiger partial charge on any atom is -0.487 e. The van der Waals surface area contributed by atoms with E-state index in [9.17, 15) is 0 Å². The standard InChI is InChI=1S/C18H24N2O/c1-14-6-5-7-16(20-14)13-21-17-10-8-15(9-11-17)12-19-18(2,3)4/h5-11,19H,12-13H2,1-4H3. The van der Waals surface area contributed by atoms with Crippen molar-refractivity contribution in [3.8, 4) is 5.75 Å². The second kappa shape index (κ2) is 6.72. The maximum Gasteiger partial charge on any atom is 0.130 e. The number of pyridine rings is 1. The van der Waals surface area contributed by atoms with Crippen LogP contribution < -0.4 is 10.1 Å². The minimum absolute atomic E-state index is 0.131. The summed E-state index contributed by atoms with van der Waals surface area (Å²) in [7, 11) is 0. The van der Waals surface area contributed by atoms with E-state index in [1.807, 2.05) is 37.3 Å². The Labute approximate surface area is 127 Å². The number of ether oxygens (including phenoxy) is 1. The Morgan fingerprint density at radius 2 is 1.76 bits per heavy atom. The molecule has 2 rings (SSSR count). The molecule has 0 aliphatic heterocycles. The molecule has 3 heteroatoms. The largest absolute Gasteiger partial charge is 0.487 e. The van der Waals surface area contributed by atoms with Gasteiger partial charge in [-0.2, -0.15) is 0 Å². The van der Waals surface area contributed by atoms with Gasteiger partial charge in [-0.3, -0.25) is 4.98 Å². The van der Waals surface area contributed by atoms with Gasteiger partial charge >= 0.3 is 0 Å². The van der Waals surface area contributed by atoms with E-state index in [2.05, 4.69) is 43.2 Å². The van der Waals surface area contributed by atoms with Crippen LogP contribution in [-0.2, 0) is 13.2 Å². The molecule has 0 saturated carbocycles. The van der Waals surface area contributed by atoms with Crippen LogP contribution in [0.25, 0.3) is 0 Å². The lowest BCUT2D eigenvalue weighted by atomic mass is 10.1. The Morgan fingerprint density at radius 3 is 2.38 bits per heavy atom. The molecular weight excluding hydrogens is 260 g/mol. The molecule has 0 atom stereocenters. The third-order valence-corrected chi connectivity index (χ3v) is 3.08. The van der Waals surface area contributed by atoms with Crippen LogP contribution in [0.1, 0.15) is 37.7 Å². The van der Waals surface area contributed by atoms with Gasteiger partial charge in [0.05, 0.1) is 5.69 Å². The summed E-state index contributed by atoms with van der Waals surface area (Å²) in [5.74, 6) is 0.873. The fourth-order valence-corrected chi connectivity index (χ4v) is 1.91. The molecule has 0 aliphatic carbocycles. The summed E-state index contributed by atoms with van der Waals surface area (Å²) in [6.45, 7) is 9.85. The number of nitrogens with zero attached hydrogens (tertiary/aromatic N) is 1. The SMILES string of the molecule is Cc1cccc(COc2ccc(CNC(C)(C)C)cc2)n1. The summed E-state index contributed by atoms with van der Waals surface area (Å²) in [5, 5.41) is 3.47. The highest BCUT2D eigenvalue weighted by atomic mass is 16.5. The Bertz CT molecular complexity index is 571. The van der Waals surface area contributed by atoms with E-state index >= 15 is 0 Å². The monoisotopic (exact) mass is 284 g/mol. The molecule has 2 aromatic rings. The summed E-state index contributed by atoms with van der Waals surface area (Å²) in [6, 6.07) is 14.2. The predicted octanol–water partition coefficient (Wildman–Crippen LogP) is 3.86. The fourth-order valence-electron chi connectivity index (χ4n) is 1.91. The third kappa shape index (κ3) is 5.56. The Morgan fingerprint density at radius 1 is 1.05 bits per heavy atom. The topological polar surface area (TPSA) is 34.1 Å². The van der Waals surface area contributed by atoms with Crippen LogP contribution in [0.15, 0.2) is 42.5 Å². The van der Waals surface area contributed by atoms with Gasteiger partial charge in [0.2, 0.25) is 0 Å². The molecule has 0 fully saturated rings. The van der Waals surface area contributed by atoms with Crippen molar-refractivity contribution >= 4 is 0 Å². The molecule has 21 heavy (non-hydrogen) atoms. The number of aromatic nitrogens is 1. The maximum atomic E-state index is 5.76. The third-order valence-electron chi connectivity index (χ3n) is 3.08. The van der Waals surface area contributed by atoms with Crippen LogP contribution in [0.2, 0.25) is 0 Å². The average Bonchev–Trinajstić information content (AvgIpc) is 2.43. The normalized spacial score (nSPS) is 11.4. The number of hydrogen-bond acceptors (Lipinski definition) is 3. The Balaban J connectivity index is 1.87. The molecule has 3 nitrogen and oxygen atoms in total. The van der Waals surface area contributed by atoms with Crippen LogP contribution in [0.4, 0.5) is 0 Å². The molecule has 1 N–H and O–H groups in total. The summed E-state index contributed by atoms with van der Waals surface area (Å²) in [4.78, 5) is 4.43. The predicted molar refractivity (Wildman–Crippen MR) is 86.3 cm³/mol. The molecule has 0 unspecified atom stereocenters. The van der Waals surface area contributed by atoms with Crippen molar-refractivity contribution in [3.63, 3.8) is 0 Å². The first-order chi connectivity index (χ1) is 9.92. The van der Waals surface area contributed by atoms with Gasteiger partial charge in [-0.1, -0.05) is 18.2 Å². The van der Waals surface area contributed by atoms with E-state index in [-0.39, 0.29) is 5.54 Å². The van der Waals surface area contributed by atoms with Crippen LogP contribution in [0.5, 0.6) is 5.75 Å². The lowest BCUT2D eigenvalue weighted by Gasteiger charge is -2.20. The van der Waals surface area contributed by atoms with Gasteiger partial charge in [-0.25, -0.2) is 0 Å². The van der Waals surface area contributed by atoms with Gasteiger partial charge in [0, 0.05) is 17.8 Å². The number of rotatable bonds is 5. The number of aryl methyl sites for hydroxylation is 1. The van der Waals surface area contributed by atoms with Gasteiger partial charge in [-0.05, 0) is 57.5 Å². The van der Waals surface area contributed by atoms with Crippen LogP contribution in [-0.4, -0.2) is 10.5 Å². The van der Waals surface area contributed by atoms with Crippen molar-refractivity contribution in [2.24, 2.45) is 0 Å². The summed E-state index contributed by atoms with van der Waals surface area (Å²) in [6.07, 6.45) is 0. The zero-order valence-corrected chi connectivity index (χ0v) is 13.3. The Kier molecular flexibility index (Phi) is 4.97. The molecular formula is C18H24N2O. The quantitative estimate of drug-likeness (QED) is 0.905. The van der Waals surface area contributed by atoms with Crippen molar-refractivity contribution in [1.82, 2.24) is 10.3 Å². The first-order valence-electron chi connectivity index (χ1n) is 7.32. The smallest absolute Gasteiger partial charge is 0.130 e. The van der Waals surface area contributed by atoms with Gasteiger partial charge in [-0.15, -0.1) is 0 Å². The number of benzene rings is 1. The number of nitrogens with one attached hydrogen (secondary N) is 1. The Hall–Kier alpha value is -1.87. The average molecular weight is 284 g/mol. The van der Waals surface area contributed by atoms with Crippen molar-refractivity contribution in [2.75, 3.05) is 0 Å². The van der Waals surface area contributed by atoms with E-state index in [0.29, 0.717) is 6.61 Å².